The first kappa shape index (κ1) is 19.1. The molecule has 0 spiro atoms. The highest BCUT2D eigenvalue weighted by Gasteiger charge is 2.48. The average Bonchev–Trinajstić information content (AvgIpc) is 2.59. The molecule has 140 valence electrons. The van der Waals surface area contributed by atoms with E-state index in [4.69, 9.17) is 5.41 Å². The lowest BCUT2D eigenvalue weighted by atomic mass is 9.72. The zero-order chi connectivity index (χ0) is 20.0. The van der Waals surface area contributed by atoms with E-state index in [1.54, 1.807) is 19.2 Å². The van der Waals surface area contributed by atoms with E-state index in [0.29, 0.717) is 5.56 Å². The molecule has 2 atom stereocenters. The van der Waals surface area contributed by atoms with Gasteiger partial charge in [-0.3, -0.25) is 15.1 Å². The van der Waals surface area contributed by atoms with Crippen LogP contribution in [-0.4, -0.2) is 31.7 Å². The van der Waals surface area contributed by atoms with E-state index in [2.05, 4.69) is 5.32 Å². The van der Waals surface area contributed by atoms with Gasteiger partial charge in [0.2, 0.25) is 5.91 Å². The van der Waals surface area contributed by atoms with Crippen molar-refractivity contribution in [2.75, 3.05) is 7.05 Å². The highest BCUT2D eigenvalue weighted by Crippen LogP contribution is 2.41. The Balaban J connectivity index is 2.13. The molecule has 1 aliphatic rings. The van der Waals surface area contributed by atoms with Crippen molar-refractivity contribution >= 4 is 25.2 Å². The number of hydrogen-bond acceptors (Lipinski definition) is 2. The Morgan fingerprint density at radius 3 is 2.41 bits per heavy atom. The predicted octanol–water partition coefficient (Wildman–Crippen LogP) is 2.14. The number of carbonyl (C=O) groups excluding carboxylic acids is 1. The number of carbonyl (C=O) groups is 1. The molecule has 0 aromatic heterocycles. The van der Waals surface area contributed by atoms with Gasteiger partial charge in [0.1, 0.15) is 13.5 Å². The lowest BCUT2D eigenvalue weighted by Gasteiger charge is -2.46. The second-order valence-corrected chi connectivity index (χ2v) is 7.97. The largest absolute Gasteiger partial charge is 0.346 e. The molecular weight excluding hydrogens is 340 g/mol. The van der Waals surface area contributed by atoms with Crippen LogP contribution in [0.2, 0.25) is 0 Å². The number of alkyl halides is 1. The lowest BCUT2D eigenvalue weighted by molar-refractivity contribution is -0.131. The predicted molar refractivity (Wildman–Crippen MR) is 109 cm³/mol. The number of nitrogens with one attached hydrogen (secondary N) is 2. The minimum absolute atomic E-state index is 0.0711. The van der Waals surface area contributed by atoms with E-state index in [9.17, 15) is 9.18 Å². The number of nitrogens with zero attached hydrogens (tertiary/aromatic N) is 1. The highest BCUT2D eigenvalue weighted by atomic mass is 19.1. The Kier molecular flexibility index (Phi) is 4.62. The Morgan fingerprint density at radius 2 is 1.85 bits per heavy atom. The fourth-order valence-corrected chi connectivity index (χ4v) is 3.71. The Morgan fingerprint density at radius 1 is 1.22 bits per heavy atom. The molecule has 0 saturated carbocycles. The highest BCUT2D eigenvalue weighted by molar-refractivity contribution is 6.32. The second kappa shape index (κ2) is 6.52. The lowest BCUT2D eigenvalue weighted by Crippen LogP contribution is -2.62. The van der Waals surface area contributed by atoms with Crippen LogP contribution >= 0.6 is 0 Å². The van der Waals surface area contributed by atoms with Crippen molar-refractivity contribution in [2.45, 2.75) is 37.9 Å². The molecule has 0 bridgehead atoms. The summed E-state index contributed by atoms with van der Waals surface area (Å²) in [7, 11) is 3.60. The van der Waals surface area contributed by atoms with Gasteiger partial charge in [-0.15, -0.1) is 0 Å². The van der Waals surface area contributed by atoms with E-state index in [-0.39, 0.29) is 11.9 Å². The fourth-order valence-electron chi connectivity index (χ4n) is 3.71. The molecule has 6 heteroatoms. The maximum atomic E-state index is 14.2. The normalized spacial score (nSPS) is 23.3. The van der Waals surface area contributed by atoms with Gasteiger partial charge in [-0.05, 0) is 37.5 Å². The molecule has 0 aliphatic carbocycles. The van der Waals surface area contributed by atoms with E-state index in [0.717, 1.165) is 16.6 Å². The van der Waals surface area contributed by atoms with E-state index < -0.39 is 17.1 Å². The second-order valence-electron chi connectivity index (χ2n) is 7.97. The molecular formula is C21H25BFN3O. The number of benzene rings is 2. The molecule has 4 nitrogen and oxygen atoms in total. The molecule has 1 amide bonds. The van der Waals surface area contributed by atoms with E-state index >= 15 is 0 Å². The summed E-state index contributed by atoms with van der Waals surface area (Å²) in [5.41, 5.74) is 1.17. The summed E-state index contributed by atoms with van der Waals surface area (Å²) in [6, 6.07) is 15.1. The van der Waals surface area contributed by atoms with Crippen LogP contribution in [-0.2, 0) is 16.0 Å². The van der Waals surface area contributed by atoms with Gasteiger partial charge in [0.15, 0.2) is 5.96 Å². The molecule has 1 unspecified atom stereocenters. The van der Waals surface area contributed by atoms with Crippen molar-refractivity contribution < 1.29 is 9.18 Å². The average molecular weight is 365 g/mol. The number of hydrogen-bond donors (Lipinski definition) is 2. The maximum Gasteiger partial charge on any atom is 0.239 e. The van der Waals surface area contributed by atoms with Gasteiger partial charge in [-0.2, -0.15) is 0 Å². The number of amides is 1. The third-order valence-corrected chi connectivity index (χ3v) is 5.42. The minimum Gasteiger partial charge on any atom is -0.346 e. The van der Waals surface area contributed by atoms with Gasteiger partial charge in [-0.25, -0.2) is 4.39 Å². The summed E-state index contributed by atoms with van der Waals surface area (Å²) in [4.78, 5) is 14.5. The Hall–Kier alpha value is -2.63. The van der Waals surface area contributed by atoms with Crippen LogP contribution in [0.5, 0.6) is 0 Å². The van der Waals surface area contributed by atoms with Crippen LogP contribution in [0.25, 0.3) is 0 Å². The zero-order valence-corrected chi connectivity index (χ0v) is 16.4. The molecule has 27 heavy (non-hydrogen) atoms. The van der Waals surface area contributed by atoms with Crippen LogP contribution in [0.3, 0.4) is 0 Å². The number of rotatable bonds is 3. The van der Waals surface area contributed by atoms with Gasteiger partial charge in [0, 0.05) is 7.05 Å². The molecule has 1 heterocycles. The van der Waals surface area contributed by atoms with Gasteiger partial charge < -0.3 is 5.32 Å². The summed E-state index contributed by atoms with van der Waals surface area (Å²) in [6.07, 6.45) is 0. The van der Waals surface area contributed by atoms with Crippen molar-refractivity contribution in [1.82, 2.24) is 10.2 Å². The molecule has 3 rings (SSSR count). The summed E-state index contributed by atoms with van der Waals surface area (Å²) in [5, 5.41) is 11.4. The van der Waals surface area contributed by atoms with E-state index in [1.165, 1.54) is 18.7 Å². The first-order chi connectivity index (χ1) is 12.5. The molecule has 1 fully saturated rings. The fraction of sp³-hybridized carbons (Fsp3) is 0.333. The molecule has 2 aromatic rings. The van der Waals surface area contributed by atoms with Gasteiger partial charge >= 0.3 is 0 Å². The van der Waals surface area contributed by atoms with Crippen molar-refractivity contribution in [1.29, 1.82) is 5.41 Å². The van der Waals surface area contributed by atoms with Crippen molar-refractivity contribution in [2.24, 2.45) is 0 Å². The first-order valence-corrected chi connectivity index (χ1v) is 9.05. The quantitative estimate of drug-likeness (QED) is 0.819. The van der Waals surface area contributed by atoms with Crippen molar-refractivity contribution in [3.63, 3.8) is 0 Å². The van der Waals surface area contributed by atoms with Crippen LogP contribution < -0.4 is 10.8 Å². The monoisotopic (exact) mass is 365 g/mol. The van der Waals surface area contributed by atoms with Crippen LogP contribution in [0.1, 0.15) is 43.4 Å². The molecule has 1 aliphatic heterocycles. The maximum absolute atomic E-state index is 14.2. The first-order valence-electron chi connectivity index (χ1n) is 9.05. The van der Waals surface area contributed by atoms with Gasteiger partial charge in [-0.1, -0.05) is 54.0 Å². The zero-order valence-electron chi connectivity index (χ0n) is 16.4. The number of halogens is 1. The van der Waals surface area contributed by atoms with Gasteiger partial charge in [0.05, 0.1) is 11.5 Å². The van der Waals surface area contributed by atoms with Crippen LogP contribution in [0.4, 0.5) is 4.39 Å². The Labute approximate surface area is 160 Å². The smallest absolute Gasteiger partial charge is 0.239 e. The van der Waals surface area contributed by atoms with Gasteiger partial charge in [0.25, 0.3) is 0 Å². The van der Waals surface area contributed by atoms with Crippen molar-refractivity contribution in [3.8, 4) is 0 Å². The Bertz CT molecular complexity index is 891. The molecule has 2 N–H and O–H groups in total. The summed E-state index contributed by atoms with van der Waals surface area (Å²) >= 11 is 0. The number of guanidine groups is 1. The van der Waals surface area contributed by atoms with Crippen molar-refractivity contribution in [3.05, 3.63) is 65.2 Å². The van der Waals surface area contributed by atoms with Crippen LogP contribution in [0.15, 0.2) is 48.5 Å². The summed E-state index contributed by atoms with van der Waals surface area (Å²) in [5.74, 6) is -0.619. The van der Waals surface area contributed by atoms with Crippen LogP contribution in [0, 0.1) is 5.41 Å². The third-order valence-electron chi connectivity index (χ3n) is 5.42. The SMILES string of the molecule is Bc1cccc([C@@]2(C)NC(=N)N(C)C(=O)C2c2ccc(C(C)(C)F)cc2)c1. The topological polar surface area (TPSA) is 56.2 Å². The minimum atomic E-state index is -1.44. The standard InChI is InChI=1S/C21H25BFN3O/c1-20(2,23)14-10-8-13(9-11-14)17-18(27)26(4)19(24)25-21(17,3)15-6-5-7-16(22)12-15/h5-12,17H,22H2,1-4H3,(H2,24,25)/t17?,21-/m1/s1. The summed E-state index contributed by atoms with van der Waals surface area (Å²) in [6.45, 7) is 4.97. The molecule has 2 aromatic carbocycles. The molecule has 0 radical (unpaired) electrons. The number of likely N-dealkylation sites (N-methyl/N-ethyl adjacent to an activating group) is 1. The van der Waals surface area contributed by atoms with E-state index in [1.807, 2.05) is 51.2 Å². The molecule has 1 saturated heterocycles. The third kappa shape index (κ3) is 3.36. The summed E-state index contributed by atoms with van der Waals surface area (Å²) < 4.78 is 14.2.